The molecular weight excluding hydrogens is 444 g/mol. The van der Waals surface area contributed by atoms with E-state index < -0.39 is 0 Å². The number of rotatable bonds is 3. The molecule has 2 aromatic rings. The number of amides is 1. The first-order chi connectivity index (χ1) is 17.1. The summed E-state index contributed by atoms with van der Waals surface area (Å²) in [5.41, 5.74) is 2.13. The number of aryl methyl sites for hydroxylation is 1. The van der Waals surface area contributed by atoms with Crippen molar-refractivity contribution in [3.63, 3.8) is 0 Å². The van der Waals surface area contributed by atoms with E-state index in [-0.39, 0.29) is 18.1 Å². The van der Waals surface area contributed by atoms with E-state index in [9.17, 15) is 4.79 Å². The van der Waals surface area contributed by atoms with Gasteiger partial charge in [0.15, 0.2) is 11.5 Å². The first-order valence-electron chi connectivity index (χ1n) is 12.7. The number of ether oxygens (including phenoxy) is 4. The van der Waals surface area contributed by atoms with E-state index in [4.69, 9.17) is 18.9 Å². The van der Waals surface area contributed by atoms with Crippen LogP contribution in [0.3, 0.4) is 0 Å². The second kappa shape index (κ2) is 10.4. The van der Waals surface area contributed by atoms with E-state index in [1.54, 1.807) is 7.11 Å². The van der Waals surface area contributed by atoms with Gasteiger partial charge in [-0.3, -0.25) is 9.69 Å². The van der Waals surface area contributed by atoms with Gasteiger partial charge in [-0.15, -0.1) is 0 Å². The highest BCUT2D eigenvalue weighted by Gasteiger charge is 2.42. The molecule has 0 aromatic heterocycles. The van der Waals surface area contributed by atoms with Crippen LogP contribution in [0, 0.1) is 5.41 Å². The van der Waals surface area contributed by atoms with E-state index in [0.717, 1.165) is 75.2 Å². The summed E-state index contributed by atoms with van der Waals surface area (Å²) in [6.07, 6.45) is 5.83. The standard InChI is InChI=1S/C28H36N2O5/c1-29-15-16-33-23-9-4-3-7-22(23)8-5-6-10-28(27(29)31)11-13-30(14-12-28)19-21-17-24(32-2)26-25(18-21)34-20-35-26/h3-4,7,9,17-18H,5-6,8,10-16,19-20H2,1-2H3. The van der Waals surface area contributed by atoms with E-state index >= 15 is 0 Å². The minimum Gasteiger partial charge on any atom is -0.493 e. The van der Waals surface area contributed by atoms with Crippen LogP contribution in [0.25, 0.3) is 0 Å². The highest BCUT2D eigenvalue weighted by atomic mass is 16.7. The molecule has 0 saturated carbocycles. The third-order valence-electron chi connectivity index (χ3n) is 7.75. The van der Waals surface area contributed by atoms with Gasteiger partial charge in [-0.25, -0.2) is 0 Å². The Labute approximate surface area is 207 Å². The molecule has 35 heavy (non-hydrogen) atoms. The molecule has 0 radical (unpaired) electrons. The maximum absolute atomic E-state index is 13.7. The van der Waals surface area contributed by atoms with Crippen molar-refractivity contribution in [3.05, 3.63) is 47.5 Å². The third-order valence-corrected chi connectivity index (χ3v) is 7.75. The molecule has 0 bridgehead atoms. The molecular formula is C28H36N2O5. The Kier molecular flexibility index (Phi) is 7.04. The number of hydrogen-bond acceptors (Lipinski definition) is 6. The molecule has 2 aromatic carbocycles. The van der Waals surface area contributed by atoms with Crippen molar-refractivity contribution in [2.45, 2.75) is 45.1 Å². The lowest BCUT2D eigenvalue weighted by Crippen LogP contribution is -2.50. The second-order valence-electron chi connectivity index (χ2n) is 9.98. The van der Waals surface area contributed by atoms with Gasteiger partial charge in [0.1, 0.15) is 12.4 Å². The Morgan fingerprint density at radius 2 is 1.80 bits per heavy atom. The molecule has 1 spiro atoms. The summed E-state index contributed by atoms with van der Waals surface area (Å²) in [5, 5.41) is 0. The second-order valence-corrected chi connectivity index (χ2v) is 9.98. The fourth-order valence-electron chi connectivity index (χ4n) is 5.67. The van der Waals surface area contributed by atoms with Gasteiger partial charge < -0.3 is 23.8 Å². The number of benzene rings is 2. The normalized spacial score (nSPS) is 20.5. The summed E-state index contributed by atoms with van der Waals surface area (Å²) < 4.78 is 22.7. The highest BCUT2D eigenvalue weighted by molar-refractivity contribution is 5.82. The lowest BCUT2D eigenvalue weighted by molar-refractivity contribution is -0.145. The molecule has 3 aliphatic rings. The van der Waals surface area contributed by atoms with Crippen molar-refractivity contribution >= 4 is 5.91 Å². The van der Waals surface area contributed by atoms with Crippen LogP contribution in [0.2, 0.25) is 0 Å². The quantitative estimate of drug-likeness (QED) is 0.654. The number of likely N-dealkylation sites (N-methyl/N-ethyl adjacent to an activating group) is 1. The predicted molar refractivity (Wildman–Crippen MR) is 133 cm³/mol. The first-order valence-corrected chi connectivity index (χ1v) is 12.7. The number of carbonyl (C=O) groups is 1. The van der Waals surface area contributed by atoms with Crippen molar-refractivity contribution in [1.82, 2.24) is 9.80 Å². The summed E-state index contributed by atoms with van der Waals surface area (Å²) >= 11 is 0. The summed E-state index contributed by atoms with van der Waals surface area (Å²) in [7, 11) is 3.58. The van der Waals surface area contributed by atoms with Gasteiger partial charge in [0.2, 0.25) is 18.4 Å². The number of para-hydroxylation sites is 1. The van der Waals surface area contributed by atoms with Gasteiger partial charge in [0.05, 0.1) is 19.1 Å². The zero-order chi connectivity index (χ0) is 24.3. The molecule has 1 saturated heterocycles. The monoisotopic (exact) mass is 480 g/mol. The SMILES string of the molecule is COc1cc(CN2CCC3(CCCCc4ccccc4OCCN(C)C3=O)CC2)cc2c1OCO2. The van der Waals surface area contributed by atoms with Gasteiger partial charge in [-0.05, 0) is 74.5 Å². The van der Waals surface area contributed by atoms with Crippen molar-refractivity contribution < 1.29 is 23.7 Å². The van der Waals surface area contributed by atoms with Crippen molar-refractivity contribution in [3.8, 4) is 23.0 Å². The number of hydrogen-bond donors (Lipinski definition) is 0. The Balaban J connectivity index is 1.25. The smallest absolute Gasteiger partial charge is 0.231 e. The molecule has 0 unspecified atom stereocenters. The molecule has 0 atom stereocenters. The van der Waals surface area contributed by atoms with Crippen LogP contribution >= 0.6 is 0 Å². The molecule has 7 nitrogen and oxygen atoms in total. The van der Waals surface area contributed by atoms with Crippen LogP contribution in [0.1, 0.15) is 43.2 Å². The average molecular weight is 481 g/mol. The third kappa shape index (κ3) is 5.06. The molecule has 0 aliphatic carbocycles. The lowest BCUT2D eigenvalue weighted by atomic mass is 9.73. The topological polar surface area (TPSA) is 60.5 Å². The van der Waals surface area contributed by atoms with E-state index in [1.807, 2.05) is 36.2 Å². The summed E-state index contributed by atoms with van der Waals surface area (Å²) in [6.45, 7) is 3.96. The van der Waals surface area contributed by atoms with Crippen LogP contribution < -0.4 is 18.9 Å². The van der Waals surface area contributed by atoms with Crippen LogP contribution in [-0.2, 0) is 17.8 Å². The van der Waals surface area contributed by atoms with Crippen LogP contribution in [-0.4, -0.2) is 62.9 Å². The fourth-order valence-corrected chi connectivity index (χ4v) is 5.67. The summed E-state index contributed by atoms with van der Waals surface area (Å²) in [5.74, 6) is 3.37. The van der Waals surface area contributed by atoms with Crippen LogP contribution in [0.5, 0.6) is 23.0 Å². The Morgan fingerprint density at radius 3 is 2.63 bits per heavy atom. The Bertz CT molecular complexity index is 1050. The van der Waals surface area contributed by atoms with Gasteiger partial charge in [0, 0.05) is 13.6 Å². The van der Waals surface area contributed by atoms with Gasteiger partial charge in [0.25, 0.3) is 0 Å². The largest absolute Gasteiger partial charge is 0.493 e. The number of methoxy groups -OCH3 is 1. The first kappa shape index (κ1) is 23.8. The molecule has 3 aliphatic heterocycles. The van der Waals surface area contributed by atoms with Crippen molar-refractivity contribution in [2.75, 3.05) is 47.2 Å². The number of nitrogens with zero attached hydrogens (tertiary/aromatic N) is 2. The molecule has 5 rings (SSSR count). The Morgan fingerprint density at radius 1 is 0.971 bits per heavy atom. The minimum absolute atomic E-state index is 0.230. The number of carbonyl (C=O) groups excluding carboxylic acids is 1. The Hall–Kier alpha value is -2.93. The predicted octanol–water partition coefficient (Wildman–Crippen LogP) is 4.27. The van der Waals surface area contributed by atoms with Crippen LogP contribution in [0.15, 0.2) is 36.4 Å². The van der Waals surface area contributed by atoms with Gasteiger partial charge in [-0.2, -0.15) is 0 Å². The fraction of sp³-hybridized carbons (Fsp3) is 0.536. The van der Waals surface area contributed by atoms with Gasteiger partial charge >= 0.3 is 0 Å². The maximum Gasteiger partial charge on any atom is 0.231 e. The molecule has 1 amide bonds. The average Bonchev–Trinajstić information content (AvgIpc) is 3.35. The minimum atomic E-state index is -0.281. The molecule has 0 N–H and O–H groups in total. The van der Waals surface area contributed by atoms with Crippen LogP contribution in [0.4, 0.5) is 0 Å². The van der Waals surface area contributed by atoms with E-state index in [2.05, 4.69) is 17.0 Å². The number of likely N-dealkylation sites (tertiary alicyclic amines) is 1. The zero-order valence-electron chi connectivity index (χ0n) is 20.9. The summed E-state index contributed by atoms with van der Waals surface area (Å²) in [4.78, 5) is 18.0. The molecule has 1 fully saturated rings. The molecule has 3 heterocycles. The maximum atomic E-state index is 13.7. The van der Waals surface area contributed by atoms with E-state index in [1.165, 1.54) is 5.56 Å². The zero-order valence-corrected chi connectivity index (χ0v) is 20.9. The number of piperidine rings is 1. The molecule has 7 heteroatoms. The van der Waals surface area contributed by atoms with Crippen molar-refractivity contribution in [2.24, 2.45) is 5.41 Å². The molecule has 188 valence electrons. The highest BCUT2D eigenvalue weighted by Crippen LogP contribution is 2.43. The lowest BCUT2D eigenvalue weighted by Gasteiger charge is -2.43. The van der Waals surface area contributed by atoms with E-state index in [0.29, 0.717) is 24.7 Å². The summed E-state index contributed by atoms with van der Waals surface area (Å²) in [6, 6.07) is 12.4. The van der Waals surface area contributed by atoms with Gasteiger partial charge in [-0.1, -0.05) is 24.6 Å². The van der Waals surface area contributed by atoms with Crippen molar-refractivity contribution in [1.29, 1.82) is 0 Å². The number of fused-ring (bicyclic) bond motifs is 2.